The fourth-order valence-corrected chi connectivity index (χ4v) is 3.50. The van der Waals surface area contributed by atoms with Crippen LogP contribution in [0.1, 0.15) is 12.8 Å². The highest BCUT2D eigenvalue weighted by Crippen LogP contribution is 2.32. The molecule has 1 fully saturated rings. The Kier molecular flexibility index (Phi) is 4.33. The lowest BCUT2D eigenvalue weighted by atomic mass is 9.95. The van der Waals surface area contributed by atoms with Gasteiger partial charge in [0, 0.05) is 36.0 Å². The third-order valence-electron chi connectivity index (χ3n) is 4.83. The van der Waals surface area contributed by atoms with E-state index in [1.54, 1.807) is 18.6 Å². The van der Waals surface area contributed by atoms with E-state index in [0.717, 1.165) is 22.0 Å². The first kappa shape index (κ1) is 17.5. The summed E-state index contributed by atoms with van der Waals surface area (Å²) in [6, 6.07) is 1.89. The summed E-state index contributed by atoms with van der Waals surface area (Å²) in [7, 11) is 0. The van der Waals surface area contributed by atoms with Crippen LogP contribution in [0, 0.1) is 5.92 Å². The van der Waals surface area contributed by atoms with Gasteiger partial charge in [0.1, 0.15) is 6.54 Å². The molecule has 0 aliphatic carbocycles. The van der Waals surface area contributed by atoms with E-state index in [4.69, 9.17) is 0 Å². The number of halogens is 3. The third-order valence-corrected chi connectivity index (χ3v) is 4.83. The molecule has 1 saturated heterocycles. The van der Waals surface area contributed by atoms with E-state index in [0.29, 0.717) is 31.6 Å². The summed E-state index contributed by atoms with van der Waals surface area (Å²) in [4.78, 5) is 22.6. The van der Waals surface area contributed by atoms with Crippen molar-refractivity contribution in [2.75, 3.05) is 24.5 Å². The molecule has 0 bridgehead atoms. The molecule has 0 saturated carbocycles. The number of amides is 1. The highest BCUT2D eigenvalue weighted by Gasteiger charge is 2.31. The van der Waals surface area contributed by atoms with Gasteiger partial charge >= 0.3 is 6.18 Å². The maximum Gasteiger partial charge on any atom is 0.405 e. The number of piperidine rings is 1. The molecule has 0 aromatic carbocycles. The molecule has 0 spiro atoms. The van der Waals surface area contributed by atoms with Crippen LogP contribution in [0.15, 0.2) is 24.7 Å². The van der Waals surface area contributed by atoms with E-state index in [1.807, 2.05) is 11.4 Å². The second kappa shape index (κ2) is 6.67. The average Bonchev–Trinajstić information content (AvgIpc) is 3.14. The van der Waals surface area contributed by atoms with Crippen LogP contribution in [0.5, 0.6) is 0 Å². The Balaban J connectivity index is 1.52. The Morgan fingerprint density at radius 2 is 2.04 bits per heavy atom. The molecule has 1 aliphatic rings. The van der Waals surface area contributed by atoms with Crippen molar-refractivity contribution in [2.45, 2.75) is 19.0 Å². The minimum Gasteiger partial charge on any atom is -0.370 e. The van der Waals surface area contributed by atoms with Crippen LogP contribution in [-0.2, 0) is 4.79 Å². The third kappa shape index (κ3) is 3.51. The van der Waals surface area contributed by atoms with Gasteiger partial charge in [-0.05, 0) is 18.9 Å². The standard InChI is InChI=1S/C17H17F3N6O/c18-17(19,20)9-23-16(27)10-2-5-26(6-3-10)13-8-24-25-12-7-22-15-11(14(12)13)1-4-21-15/h1,4,7-8,10,25H,2-3,5-6,9H2,(H,23,27). The summed E-state index contributed by atoms with van der Waals surface area (Å²) in [6.07, 6.45) is 1.67. The minimum absolute atomic E-state index is 0.416. The molecule has 7 nitrogen and oxygen atoms in total. The quantitative estimate of drug-likeness (QED) is 0.731. The Hall–Kier alpha value is -2.91. The number of carbonyl (C=O) groups excluding carboxylic acids is 1. The number of hydrogen-bond acceptors (Lipinski definition) is 5. The van der Waals surface area contributed by atoms with Crippen molar-refractivity contribution in [3.05, 3.63) is 24.7 Å². The Morgan fingerprint density at radius 3 is 2.78 bits per heavy atom. The first-order valence-corrected chi connectivity index (χ1v) is 8.58. The van der Waals surface area contributed by atoms with E-state index in [2.05, 4.69) is 25.1 Å². The number of nitrogens with one attached hydrogen (secondary N) is 2. The maximum atomic E-state index is 12.3. The topological polar surface area (TPSA) is 86.8 Å². The number of anilines is 1. The predicted octanol–water partition coefficient (Wildman–Crippen LogP) is 2.40. The second-order valence-electron chi connectivity index (χ2n) is 6.58. The predicted molar refractivity (Wildman–Crippen MR) is 93.2 cm³/mol. The van der Waals surface area contributed by atoms with Crippen molar-refractivity contribution >= 4 is 33.5 Å². The number of hydrogen-bond donors (Lipinski definition) is 2. The fraction of sp³-hybridized carbons (Fsp3) is 0.412. The van der Waals surface area contributed by atoms with Crippen LogP contribution in [0.3, 0.4) is 0 Å². The van der Waals surface area contributed by atoms with Gasteiger partial charge in [-0.15, -0.1) is 0 Å². The smallest absolute Gasteiger partial charge is 0.370 e. The number of alkyl halides is 3. The number of carbonyl (C=O) groups is 1. The lowest BCUT2D eigenvalue weighted by Crippen LogP contribution is -2.43. The van der Waals surface area contributed by atoms with Gasteiger partial charge in [0.2, 0.25) is 5.91 Å². The van der Waals surface area contributed by atoms with Crippen LogP contribution < -0.4 is 10.2 Å². The van der Waals surface area contributed by atoms with Gasteiger partial charge in [0.15, 0.2) is 5.65 Å². The van der Waals surface area contributed by atoms with Crippen molar-refractivity contribution in [3.63, 3.8) is 0 Å². The van der Waals surface area contributed by atoms with Crippen molar-refractivity contribution in [1.82, 2.24) is 25.5 Å². The van der Waals surface area contributed by atoms with Crippen molar-refractivity contribution in [1.29, 1.82) is 0 Å². The van der Waals surface area contributed by atoms with Gasteiger partial charge in [-0.2, -0.15) is 18.3 Å². The van der Waals surface area contributed by atoms with E-state index in [-0.39, 0.29) is 0 Å². The summed E-state index contributed by atoms with van der Waals surface area (Å²) in [5.41, 5.74) is 2.32. The molecule has 0 atom stereocenters. The molecule has 0 radical (unpaired) electrons. The van der Waals surface area contributed by atoms with Crippen LogP contribution in [0.2, 0.25) is 0 Å². The second-order valence-corrected chi connectivity index (χ2v) is 6.58. The zero-order valence-electron chi connectivity index (χ0n) is 14.3. The number of nitrogens with zero attached hydrogens (tertiary/aromatic N) is 4. The van der Waals surface area contributed by atoms with Gasteiger partial charge in [0.05, 0.1) is 23.6 Å². The van der Waals surface area contributed by atoms with Crippen molar-refractivity contribution < 1.29 is 18.0 Å². The van der Waals surface area contributed by atoms with Gasteiger partial charge in [-0.25, -0.2) is 9.97 Å². The summed E-state index contributed by atoms with van der Waals surface area (Å²) >= 11 is 0. The van der Waals surface area contributed by atoms with Gasteiger partial charge in [-0.1, -0.05) is 0 Å². The Labute approximate surface area is 152 Å². The van der Waals surface area contributed by atoms with E-state index in [9.17, 15) is 18.0 Å². The first-order valence-electron chi connectivity index (χ1n) is 8.58. The lowest BCUT2D eigenvalue weighted by molar-refractivity contribution is -0.141. The van der Waals surface area contributed by atoms with Gasteiger partial charge < -0.3 is 10.2 Å². The van der Waals surface area contributed by atoms with Gasteiger partial charge in [0.25, 0.3) is 0 Å². The number of H-pyrrole nitrogens is 1. The van der Waals surface area contributed by atoms with Crippen LogP contribution >= 0.6 is 0 Å². The molecule has 4 rings (SSSR count). The van der Waals surface area contributed by atoms with Gasteiger partial charge in [-0.3, -0.25) is 9.89 Å². The zero-order valence-corrected chi connectivity index (χ0v) is 14.3. The molecule has 3 aromatic rings. The summed E-state index contributed by atoms with van der Waals surface area (Å²) in [5.74, 6) is -0.955. The summed E-state index contributed by atoms with van der Waals surface area (Å²) in [6.45, 7) is -0.171. The van der Waals surface area contributed by atoms with Crippen LogP contribution in [-0.4, -0.2) is 51.9 Å². The zero-order chi connectivity index (χ0) is 19.0. The lowest BCUT2D eigenvalue weighted by Gasteiger charge is -2.33. The minimum atomic E-state index is -4.39. The summed E-state index contributed by atoms with van der Waals surface area (Å²) in [5, 5.41) is 10.9. The normalized spacial score (nSPS) is 16.2. The summed E-state index contributed by atoms with van der Waals surface area (Å²) < 4.78 is 36.8. The molecule has 4 heterocycles. The van der Waals surface area contributed by atoms with Crippen LogP contribution in [0.4, 0.5) is 18.9 Å². The number of rotatable bonds is 3. The molecule has 142 valence electrons. The molecule has 1 amide bonds. The molecular formula is C17H17F3N6O. The molecular weight excluding hydrogens is 361 g/mol. The molecule has 10 heteroatoms. The molecule has 2 N–H and O–H groups in total. The maximum absolute atomic E-state index is 12.3. The number of pyridine rings is 1. The van der Waals surface area contributed by atoms with Crippen molar-refractivity contribution in [2.24, 2.45) is 5.92 Å². The largest absolute Gasteiger partial charge is 0.405 e. The van der Waals surface area contributed by atoms with E-state index < -0.39 is 24.5 Å². The first-order chi connectivity index (χ1) is 12.9. The Bertz CT molecular complexity index is 978. The van der Waals surface area contributed by atoms with Crippen LogP contribution in [0.25, 0.3) is 21.9 Å². The SMILES string of the molecule is O=C(NCC(F)(F)F)C1CCN(c2cn[nH]c3cnc4nccc4c23)CC1. The van der Waals surface area contributed by atoms with Crippen molar-refractivity contribution in [3.8, 4) is 0 Å². The number of fused-ring (bicyclic) bond motifs is 3. The highest BCUT2D eigenvalue weighted by molar-refractivity contribution is 6.09. The average molecular weight is 378 g/mol. The molecule has 0 unspecified atom stereocenters. The fourth-order valence-electron chi connectivity index (χ4n) is 3.50. The highest BCUT2D eigenvalue weighted by atomic mass is 19.4. The van der Waals surface area contributed by atoms with E-state index in [1.165, 1.54) is 0 Å². The number of aromatic amines is 1. The molecule has 1 aliphatic heterocycles. The molecule has 3 aromatic heterocycles. The number of aromatic nitrogens is 4. The Morgan fingerprint density at radius 1 is 1.26 bits per heavy atom. The molecule has 27 heavy (non-hydrogen) atoms. The van der Waals surface area contributed by atoms with E-state index >= 15 is 0 Å². The monoisotopic (exact) mass is 378 g/mol.